The average Bonchev–Trinajstić information content (AvgIpc) is 3.19. The van der Waals surface area contributed by atoms with E-state index in [-0.39, 0.29) is 0 Å². The van der Waals surface area contributed by atoms with Crippen molar-refractivity contribution in [2.24, 2.45) is 0 Å². The lowest BCUT2D eigenvalue weighted by Crippen LogP contribution is -2.23. The van der Waals surface area contributed by atoms with E-state index in [4.69, 9.17) is 0 Å². The summed E-state index contributed by atoms with van der Waals surface area (Å²) in [5, 5.41) is 4.60. The number of hydrogen-bond donors (Lipinski definition) is 0. The number of hydrogen-bond acceptors (Lipinski definition) is 1. The van der Waals surface area contributed by atoms with Crippen molar-refractivity contribution in [3.63, 3.8) is 0 Å². The molecule has 3 aromatic rings. The van der Waals surface area contributed by atoms with E-state index in [2.05, 4.69) is 110 Å². The first-order valence-corrected chi connectivity index (χ1v) is 11.4. The van der Waals surface area contributed by atoms with Gasteiger partial charge in [0.05, 0.1) is 6.04 Å². The van der Waals surface area contributed by atoms with Gasteiger partial charge in [0.15, 0.2) is 0 Å². The summed E-state index contributed by atoms with van der Waals surface area (Å²) >= 11 is 0. The van der Waals surface area contributed by atoms with E-state index in [0.717, 1.165) is 0 Å². The fourth-order valence-electron chi connectivity index (χ4n) is 4.36. The van der Waals surface area contributed by atoms with Crippen LogP contribution in [0.4, 0.5) is 0 Å². The van der Waals surface area contributed by atoms with Crippen LogP contribution in [0.25, 0.3) is 0 Å². The molecule has 0 radical (unpaired) electrons. The molecule has 1 aliphatic carbocycles. The Morgan fingerprint density at radius 1 is 0.679 bits per heavy atom. The molecule has 1 aliphatic rings. The van der Waals surface area contributed by atoms with Gasteiger partial charge in [-0.2, -0.15) is 0 Å². The molecule has 0 heterocycles. The molecule has 4 rings (SSSR count). The predicted octanol–water partition coefficient (Wildman–Crippen LogP) is 5.86. The zero-order valence-electron chi connectivity index (χ0n) is 16.8. The average molecular weight is 385 g/mol. The number of nitrogens with zero attached hydrogens (tertiary/aromatic N) is 1. The minimum absolute atomic E-state index is 0.358. The molecule has 142 valence electrons. The van der Waals surface area contributed by atoms with Crippen molar-refractivity contribution in [2.75, 3.05) is 14.1 Å². The highest BCUT2D eigenvalue weighted by atomic mass is 31.1. The first-order valence-electron chi connectivity index (χ1n) is 10.1. The van der Waals surface area contributed by atoms with E-state index < -0.39 is 7.92 Å². The Morgan fingerprint density at radius 2 is 1.18 bits per heavy atom. The first-order chi connectivity index (χ1) is 13.8. The number of likely N-dealkylation sites (N-methyl/N-ethyl adjacent to an activating group) is 1. The van der Waals surface area contributed by atoms with Crippen LogP contribution in [0.5, 0.6) is 0 Å². The van der Waals surface area contributed by atoms with Crippen molar-refractivity contribution >= 4 is 18.5 Å². The predicted molar refractivity (Wildman–Crippen MR) is 123 cm³/mol. The van der Waals surface area contributed by atoms with Crippen LogP contribution in [-0.2, 0) is 0 Å². The van der Waals surface area contributed by atoms with Crippen LogP contribution >= 0.6 is 7.92 Å². The smallest absolute Gasteiger partial charge is 0.0562 e. The SMILES string of the molecule is CN(C)[C@H](C1=C(P(c2ccccc2)c2ccccc2)CCC1)c1ccccc1. The highest BCUT2D eigenvalue weighted by Crippen LogP contribution is 2.53. The van der Waals surface area contributed by atoms with E-state index >= 15 is 0 Å². The molecule has 0 N–H and O–H groups in total. The van der Waals surface area contributed by atoms with Crippen LogP contribution in [-0.4, -0.2) is 19.0 Å². The largest absolute Gasteiger partial charge is 0.299 e. The molecule has 0 amide bonds. The number of benzene rings is 3. The molecule has 0 unspecified atom stereocenters. The summed E-state index contributed by atoms with van der Waals surface area (Å²) in [7, 11) is 3.95. The highest BCUT2D eigenvalue weighted by Gasteiger charge is 2.31. The molecule has 0 saturated carbocycles. The van der Waals surface area contributed by atoms with E-state index in [1.54, 1.807) is 10.9 Å². The monoisotopic (exact) mass is 385 g/mol. The summed E-state index contributed by atoms with van der Waals surface area (Å²) in [6.45, 7) is 0. The standard InChI is InChI=1S/C26H28NP/c1-27(2)26(21-13-6-3-7-14-21)24-19-12-20-25(24)28(22-15-8-4-9-16-22)23-17-10-5-11-18-23/h3-11,13-18,26H,12,19-20H2,1-2H3/t26-/m0/s1. The maximum atomic E-state index is 2.39. The topological polar surface area (TPSA) is 3.24 Å². The van der Waals surface area contributed by atoms with Gasteiger partial charge < -0.3 is 0 Å². The Morgan fingerprint density at radius 3 is 1.68 bits per heavy atom. The van der Waals surface area contributed by atoms with Gasteiger partial charge in [0, 0.05) is 0 Å². The molecular weight excluding hydrogens is 357 g/mol. The maximum absolute atomic E-state index is 2.39. The third-order valence-corrected chi connectivity index (χ3v) is 8.17. The molecule has 0 fully saturated rings. The Hall–Kier alpha value is -2.21. The van der Waals surface area contributed by atoms with Crippen LogP contribution < -0.4 is 10.6 Å². The maximum Gasteiger partial charge on any atom is 0.0562 e. The molecule has 0 aliphatic heterocycles. The number of rotatable bonds is 6. The molecule has 28 heavy (non-hydrogen) atoms. The molecule has 0 bridgehead atoms. The summed E-state index contributed by atoms with van der Waals surface area (Å²) in [5.74, 6) is 0. The van der Waals surface area contributed by atoms with Gasteiger partial charge in [-0.3, -0.25) is 4.90 Å². The second kappa shape index (κ2) is 8.86. The Kier molecular flexibility index (Phi) is 6.05. The van der Waals surface area contributed by atoms with Crippen molar-refractivity contribution in [3.8, 4) is 0 Å². The van der Waals surface area contributed by atoms with Gasteiger partial charge >= 0.3 is 0 Å². The Balaban J connectivity index is 1.86. The minimum atomic E-state index is -0.486. The Bertz CT molecular complexity index is 877. The van der Waals surface area contributed by atoms with Crippen molar-refractivity contribution in [1.29, 1.82) is 0 Å². The highest BCUT2D eigenvalue weighted by molar-refractivity contribution is 7.76. The third kappa shape index (κ3) is 3.97. The third-order valence-electron chi connectivity index (χ3n) is 5.49. The molecular formula is C26H28NP. The molecule has 1 atom stereocenters. The van der Waals surface area contributed by atoms with Crippen molar-refractivity contribution in [3.05, 3.63) is 107 Å². The summed E-state index contributed by atoms with van der Waals surface area (Å²) in [6, 6.07) is 33.6. The summed E-state index contributed by atoms with van der Waals surface area (Å²) in [6.07, 6.45) is 3.67. The normalized spacial score (nSPS) is 15.4. The molecule has 0 aromatic heterocycles. The molecule has 0 spiro atoms. The quantitative estimate of drug-likeness (QED) is 0.480. The van der Waals surface area contributed by atoms with Gasteiger partial charge in [-0.05, 0) is 68.3 Å². The van der Waals surface area contributed by atoms with Crippen LogP contribution in [0, 0.1) is 0 Å². The van der Waals surface area contributed by atoms with Crippen LogP contribution in [0.15, 0.2) is 102 Å². The van der Waals surface area contributed by atoms with Gasteiger partial charge in [0.1, 0.15) is 0 Å². The van der Waals surface area contributed by atoms with Crippen molar-refractivity contribution < 1.29 is 0 Å². The van der Waals surface area contributed by atoms with E-state index in [1.165, 1.54) is 35.4 Å². The van der Waals surface area contributed by atoms with Gasteiger partial charge in [-0.25, -0.2) is 0 Å². The lowest BCUT2D eigenvalue weighted by atomic mass is 9.97. The van der Waals surface area contributed by atoms with Crippen molar-refractivity contribution in [2.45, 2.75) is 25.3 Å². The first kappa shape index (κ1) is 19.1. The lowest BCUT2D eigenvalue weighted by Gasteiger charge is -2.30. The zero-order valence-corrected chi connectivity index (χ0v) is 17.6. The molecule has 3 aromatic carbocycles. The van der Waals surface area contributed by atoms with E-state index in [9.17, 15) is 0 Å². The van der Waals surface area contributed by atoms with Gasteiger partial charge in [-0.1, -0.05) is 91.0 Å². The van der Waals surface area contributed by atoms with Crippen LogP contribution in [0.3, 0.4) is 0 Å². The van der Waals surface area contributed by atoms with Crippen LogP contribution in [0.1, 0.15) is 30.9 Å². The van der Waals surface area contributed by atoms with E-state index in [0.29, 0.717) is 6.04 Å². The van der Waals surface area contributed by atoms with Crippen LogP contribution in [0.2, 0.25) is 0 Å². The van der Waals surface area contributed by atoms with Gasteiger partial charge in [0.2, 0.25) is 0 Å². The second-order valence-corrected chi connectivity index (χ2v) is 9.85. The molecule has 1 nitrogen and oxygen atoms in total. The molecule has 0 saturated heterocycles. The van der Waals surface area contributed by atoms with E-state index in [1.807, 2.05) is 0 Å². The van der Waals surface area contributed by atoms with Gasteiger partial charge in [-0.15, -0.1) is 0 Å². The van der Waals surface area contributed by atoms with Gasteiger partial charge in [0.25, 0.3) is 0 Å². The fourth-order valence-corrected chi connectivity index (χ4v) is 7.13. The summed E-state index contributed by atoms with van der Waals surface area (Å²) < 4.78 is 0. The lowest BCUT2D eigenvalue weighted by molar-refractivity contribution is 0.333. The Labute approximate surface area is 170 Å². The molecule has 2 heteroatoms. The summed E-state index contributed by atoms with van der Waals surface area (Å²) in [4.78, 5) is 2.39. The summed E-state index contributed by atoms with van der Waals surface area (Å²) in [5.41, 5.74) is 3.04. The minimum Gasteiger partial charge on any atom is -0.299 e. The fraction of sp³-hybridized carbons (Fsp3) is 0.231. The second-order valence-electron chi connectivity index (χ2n) is 7.61. The number of allylic oxidation sites excluding steroid dienone is 1. The van der Waals surface area contributed by atoms with Crippen molar-refractivity contribution in [1.82, 2.24) is 4.90 Å². The zero-order chi connectivity index (χ0) is 19.3.